The molecule has 1 aliphatic heterocycles. The highest BCUT2D eigenvalue weighted by molar-refractivity contribution is 7.80. The van der Waals surface area contributed by atoms with E-state index >= 15 is 0 Å². The Hall–Kier alpha value is -2.73. The molecule has 1 aromatic carbocycles. The number of aromatic amines is 1. The summed E-state index contributed by atoms with van der Waals surface area (Å²) in [6.07, 6.45) is 8.17. The molecular formula is C22H22N4OS. The summed E-state index contributed by atoms with van der Waals surface area (Å²) in [6.45, 7) is 0. The van der Waals surface area contributed by atoms with Crippen molar-refractivity contribution in [3.8, 4) is 11.4 Å². The smallest absolute Gasteiger partial charge is 0.178 e. The number of fused-ring (bicyclic) bond motifs is 2. The van der Waals surface area contributed by atoms with Gasteiger partial charge in [-0.15, -0.1) is 0 Å². The number of hydrogen-bond donors (Lipinski definition) is 2. The van der Waals surface area contributed by atoms with Crippen LogP contribution in [0.4, 0.5) is 0 Å². The van der Waals surface area contributed by atoms with Gasteiger partial charge in [0.25, 0.3) is 0 Å². The van der Waals surface area contributed by atoms with E-state index in [0.29, 0.717) is 6.04 Å². The number of pyridine rings is 1. The molecule has 5 nitrogen and oxygen atoms in total. The van der Waals surface area contributed by atoms with Crippen LogP contribution in [0.1, 0.15) is 37.9 Å². The van der Waals surface area contributed by atoms with Gasteiger partial charge in [-0.1, -0.05) is 36.8 Å². The summed E-state index contributed by atoms with van der Waals surface area (Å²) in [5, 5.41) is 4.60. The van der Waals surface area contributed by atoms with Crippen LogP contribution in [0.3, 0.4) is 0 Å². The van der Waals surface area contributed by atoms with Crippen LogP contribution in [0, 0.1) is 0 Å². The minimum absolute atomic E-state index is 0.411. The molecular weight excluding hydrogens is 368 g/mol. The van der Waals surface area contributed by atoms with Crippen molar-refractivity contribution in [2.24, 2.45) is 0 Å². The fourth-order valence-electron chi connectivity index (χ4n) is 4.07. The maximum absolute atomic E-state index is 6.26. The molecule has 6 heteroatoms. The van der Waals surface area contributed by atoms with Crippen LogP contribution >= 0.6 is 12.2 Å². The van der Waals surface area contributed by atoms with E-state index in [0.717, 1.165) is 70.0 Å². The van der Waals surface area contributed by atoms with Crippen LogP contribution < -0.4 is 5.32 Å². The summed E-state index contributed by atoms with van der Waals surface area (Å²) in [4.78, 5) is 13.5. The van der Waals surface area contributed by atoms with E-state index in [1.807, 2.05) is 30.3 Å². The Balaban J connectivity index is 1.51. The average Bonchev–Trinajstić information content (AvgIpc) is 3.22. The first-order valence-corrected chi connectivity index (χ1v) is 10.3. The molecule has 5 rings (SSSR count). The van der Waals surface area contributed by atoms with Crippen molar-refractivity contribution in [3.63, 3.8) is 0 Å². The number of nitrogens with zero attached hydrogens (tertiary/aromatic N) is 2. The van der Waals surface area contributed by atoms with Gasteiger partial charge in [0.15, 0.2) is 5.65 Å². The lowest BCUT2D eigenvalue weighted by molar-refractivity contribution is 0.477. The van der Waals surface area contributed by atoms with E-state index in [9.17, 15) is 0 Å². The van der Waals surface area contributed by atoms with Gasteiger partial charge in [0.1, 0.15) is 17.2 Å². The van der Waals surface area contributed by atoms with Gasteiger partial charge in [-0.25, -0.2) is 9.97 Å². The standard InChI is InChI=1S/C22H22N4OS/c28-19-10-4-1-6-14(24-19)11-12-18-20(15-7-2-3-9-17(15)27-18)22-25-16-8-5-13-23-21(16)26-22/h2-3,5,7-9,13-14H,1,4,6,10-12H2,(H,24,28)(H,23,25,26). The molecule has 28 heavy (non-hydrogen) atoms. The van der Waals surface area contributed by atoms with Gasteiger partial charge in [0.05, 0.1) is 16.1 Å². The molecule has 142 valence electrons. The first-order valence-electron chi connectivity index (χ1n) is 9.89. The number of nitrogens with one attached hydrogen (secondary N) is 2. The van der Waals surface area contributed by atoms with E-state index in [1.54, 1.807) is 6.20 Å². The van der Waals surface area contributed by atoms with Gasteiger partial charge in [-0.2, -0.15) is 0 Å². The maximum atomic E-state index is 6.26. The van der Waals surface area contributed by atoms with Gasteiger partial charge < -0.3 is 14.7 Å². The van der Waals surface area contributed by atoms with E-state index in [-0.39, 0.29) is 0 Å². The summed E-state index contributed by atoms with van der Waals surface area (Å²) < 4.78 is 6.26. The summed E-state index contributed by atoms with van der Waals surface area (Å²) >= 11 is 5.44. The fourth-order valence-corrected chi connectivity index (χ4v) is 4.38. The minimum Gasteiger partial charge on any atom is -0.460 e. The van der Waals surface area contributed by atoms with Gasteiger partial charge in [0.2, 0.25) is 0 Å². The molecule has 0 bridgehead atoms. The SMILES string of the molecule is S=C1CCCCC(CCc2oc3ccccc3c2-c2nc3ncccc3[nH]2)N1. The van der Waals surface area contributed by atoms with Crippen LogP contribution in [0.2, 0.25) is 0 Å². The second kappa shape index (κ2) is 7.36. The Morgan fingerprint density at radius 1 is 1.14 bits per heavy atom. The zero-order valence-corrected chi connectivity index (χ0v) is 16.4. The van der Waals surface area contributed by atoms with Gasteiger partial charge >= 0.3 is 0 Å². The molecule has 1 fully saturated rings. The molecule has 4 heterocycles. The van der Waals surface area contributed by atoms with E-state index in [2.05, 4.69) is 21.4 Å². The molecule has 0 radical (unpaired) electrons. The number of hydrogen-bond acceptors (Lipinski definition) is 4. The zero-order valence-electron chi connectivity index (χ0n) is 15.6. The van der Waals surface area contributed by atoms with E-state index < -0.39 is 0 Å². The zero-order chi connectivity index (χ0) is 18.9. The number of benzene rings is 1. The minimum atomic E-state index is 0.411. The third-order valence-corrected chi connectivity index (χ3v) is 5.78. The van der Waals surface area contributed by atoms with Gasteiger partial charge in [0, 0.05) is 24.0 Å². The predicted octanol–water partition coefficient (Wildman–Crippen LogP) is 5.16. The Kier molecular flexibility index (Phi) is 4.56. The van der Waals surface area contributed by atoms with Crippen molar-refractivity contribution in [3.05, 3.63) is 48.4 Å². The van der Waals surface area contributed by atoms with E-state index in [4.69, 9.17) is 21.6 Å². The molecule has 1 unspecified atom stereocenters. The molecule has 1 aliphatic rings. The number of imidazole rings is 1. The van der Waals surface area contributed by atoms with Gasteiger partial charge in [-0.3, -0.25) is 0 Å². The van der Waals surface area contributed by atoms with Crippen LogP contribution in [-0.2, 0) is 6.42 Å². The lowest BCUT2D eigenvalue weighted by Gasteiger charge is -2.16. The molecule has 0 saturated carbocycles. The first kappa shape index (κ1) is 17.4. The molecule has 0 amide bonds. The molecule has 2 N–H and O–H groups in total. The fraction of sp³-hybridized carbons (Fsp3) is 0.318. The highest BCUT2D eigenvalue weighted by atomic mass is 32.1. The first-order chi connectivity index (χ1) is 13.8. The molecule has 1 atom stereocenters. The summed E-state index contributed by atoms with van der Waals surface area (Å²) in [7, 11) is 0. The Morgan fingerprint density at radius 2 is 2.07 bits per heavy atom. The normalized spacial score (nSPS) is 17.7. The monoisotopic (exact) mass is 390 g/mol. The number of para-hydroxylation sites is 1. The lowest BCUT2D eigenvalue weighted by atomic mass is 10.0. The highest BCUT2D eigenvalue weighted by Gasteiger charge is 2.21. The van der Waals surface area contributed by atoms with Gasteiger partial charge in [-0.05, 0) is 43.9 Å². The van der Waals surface area contributed by atoms with Crippen molar-refractivity contribution >= 4 is 39.3 Å². The lowest BCUT2D eigenvalue weighted by Crippen LogP contribution is -2.32. The summed E-state index contributed by atoms with van der Waals surface area (Å²) in [6, 6.07) is 12.5. The highest BCUT2D eigenvalue weighted by Crippen LogP contribution is 2.35. The number of furan rings is 1. The molecule has 1 saturated heterocycles. The molecule has 0 aliphatic carbocycles. The van der Waals surface area contributed by atoms with Crippen LogP contribution in [-0.4, -0.2) is 26.0 Å². The number of aryl methyl sites for hydroxylation is 1. The third kappa shape index (κ3) is 3.29. The summed E-state index contributed by atoms with van der Waals surface area (Å²) in [5.41, 5.74) is 3.60. The van der Waals surface area contributed by atoms with Crippen molar-refractivity contribution in [1.29, 1.82) is 0 Å². The number of H-pyrrole nitrogens is 1. The molecule has 4 aromatic rings. The average molecular weight is 391 g/mol. The Morgan fingerprint density at radius 3 is 3.00 bits per heavy atom. The second-order valence-corrected chi connectivity index (χ2v) is 7.90. The maximum Gasteiger partial charge on any atom is 0.178 e. The largest absolute Gasteiger partial charge is 0.460 e. The molecule has 3 aromatic heterocycles. The van der Waals surface area contributed by atoms with E-state index in [1.165, 1.54) is 12.8 Å². The quantitative estimate of drug-likeness (QED) is 0.471. The summed E-state index contributed by atoms with van der Waals surface area (Å²) in [5.74, 6) is 1.79. The predicted molar refractivity (Wildman–Crippen MR) is 115 cm³/mol. The third-order valence-electron chi connectivity index (χ3n) is 5.45. The molecule has 0 spiro atoms. The van der Waals surface area contributed by atoms with Crippen molar-refractivity contribution < 1.29 is 4.42 Å². The topological polar surface area (TPSA) is 66.7 Å². The Bertz CT molecular complexity index is 1110. The van der Waals surface area contributed by atoms with Crippen molar-refractivity contribution in [2.75, 3.05) is 0 Å². The van der Waals surface area contributed by atoms with Crippen LogP contribution in [0.25, 0.3) is 33.5 Å². The van der Waals surface area contributed by atoms with Crippen molar-refractivity contribution in [2.45, 2.75) is 44.6 Å². The number of aromatic nitrogens is 3. The number of thiocarbonyl (C=S) groups is 1. The van der Waals surface area contributed by atoms with Crippen LogP contribution in [0.5, 0.6) is 0 Å². The van der Waals surface area contributed by atoms with Crippen molar-refractivity contribution in [1.82, 2.24) is 20.3 Å². The second-order valence-electron chi connectivity index (χ2n) is 7.41. The van der Waals surface area contributed by atoms with Crippen LogP contribution in [0.15, 0.2) is 47.0 Å². The number of rotatable bonds is 4. The Labute approximate surface area is 168 Å².